The van der Waals surface area contributed by atoms with Gasteiger partial charge in [-0.15, -0.1) is 0 Å². The van der Waals surface area contributed by atoms with Crippen LogP contribution in [0.4, 0.5) is 16.2 Å². The Balaban J connectivity index is 2.54. The minimum Gasteiger partial charge on any atom is -0.481 e. The molecule has 1 aromatic carbocycles. The second-order valence-electron chi connectivity index (χ2n) is 4.72. The van der Waals surface area contributed by atoms with Crippen LogP contribution in [0.25, 0.3) is 0 Å². The number of hydrogen-bond donors (Lipinski definition) is 3. The number of nitrogens with one attached hydrogen (secondary N) is 2. The second-order valence-corrected chi connectivity index (χ2v) is 4.72. The normalized spacial score (nSPS) is 9.95. The summed E-state index contributed by atoms with van der Waals surface area (Å²) in [6, 6.07) is 5.36. The maximum Gasteiger partial charge on any atom is 0.319 e. The summed E-state index contributed by atoms with van der Waals surface area (Å²) in [7, 11) is 3.89. The summed E-state index contributed by atoms with van der Waals surface area (Å²) in [6.07, 6.45) is 0.467. The molecular weight excluding hydrogens is 258 g/mol. The van der Waals surface area contributed by atoms with Crippen molar-refractivity contribution in [3.05, 3.63) is 23.8 Å². The van der Waals surface area contributed by atoms with E-state index in [4.69, 9.17) is 5.11 Å². The fraction of sp³-hybridized carbons (Fsp3) is 0.429. The SMILES string of the molecule is Cc1c(NC(=O)NCCCC(=O)O)cccc1N(C)C. The van der Waals surface area contributed by atoms with E-state index in [1.165, 1.54) is 0 Å². The van der Waals surface area contributed by atoms with E-state index in [2.05, 4.69) is 10.6 Å². The van der Waals surface area contributed by atoms with Crippen LogP contribution in [0.15, 0.2) is 18.2 Å². The van der Waals surface area contributed by atoms with Crippen molar-refractivity contribution in [1.29, 1.82) is 0 Å². The average Bonchev–Trinajstić information content (AvgIpc) is 2.36. The van der Waals surface area contributed by atoms with Gasteiger partial charge in [-0.2, -0.15) is 0 Å². The molecule has 2 amide bonds. The number of carboxylic acid groups (broad SMARTS) is 1. The van der Waals surface area contributed by atoms with Gasteiger partial charge in [-0.05, 0) is 31.0 Å². The summed E-state index contributed by atoms with van der Waals surface area (Å²) >= 11 is 0. The van der Waals surface area contributed by atoms with Crippen LogP contribution in [0.1, 0.15) is 18.4 Å². The third kappa shape index (κ3) is 4.79. The fourth-order valence-corrected chi connectivity index (χ4v) is 1.85. The van der Waals surface area contributed by atoms with Crippen LogP contribution in [0.5, 0.6) is 0 Å². The maximum atomic E-state index is 11.7. The Bertz CT molecular complexity index is 487. The van der Waals surface area contributed by atoms with Gasteiger partial charge in [0.25, 0.3) is 0 Å². The number of carbonyl (C=O) groups excluding carboxylic acids is 1. The van der Waals surface area contributed by atoms with Crippen LogP contribution < -0.4 is 15.5 Å². The largest absolute Gasteiger partial charge is 0.481 e. The molecule has 0 spiro atoms. The molecule has 0 unspecified atom stereocenters. The predicted molar refractivity (Wildman–Crippen MR) is 79.4 cm³/mol. The molecule has 0 radical (unpaired) electrons. The number of nitrogens with zero attached hydrogens (tertiary/aromatic N) is 1. The lowest BCUT2D eigenvalue weighted by Crippen LogP contribution is -2.30. The van der Waals surface area contributed by atoms with Crippen molar-refractivity contribution in [2.45, 2.75) is 19.8 Å². The van der Waals surface area contributed by atoms with E-state index in [1.54, 1.807) is 0 Å². The Morgan fingerprint density at radius 1 is 1.30 bits per heavy atom. The number of carboxylic acids is 1. The van der Waals surface area contributed by atoms with Crippen molar-refractivity contribution in [2.24, 2.45) is 0 Å². The molecule has 0 atom stereocenters. The molecule has 0 aliphatic carbocycles. The molecular formula is C14H21N3O3. The smallest absolute Gasteiger partial charge is 0.319 e. The molecule has 1 aromatic rings. The van der Waals surface area contributed by atoms with Crippen molar-refractivity contribution in [3.63, 3.8) is 0 Å². The lowest BCUT2D eigenvalue weighted by atomic mass is 10.1. The molecule has 0 fully saturated rings. The summed E-state index contributed by atoms with van der Waals surface area (Å²) in [5.74, 6) is -0.860. The van der Waals surface area contributed by atoms with Crippen LogP contribution >= 0.6 is 0 Å². The van der Waals surface area contributed by atoms with Gasteiger partial charge in [0.15, 0.2) is 0 Å². The van der Waals surface area contributed by atoms with E-state index in [-0.39, 0.29) is 12.5 Å². The summed E-state index contributed by atoms with van der Waals surface area (Å²) < 4.78 is 0. The number of anilines is 2. The fourth-order valence-electron chi connectivity index (χ4n) is 1.85. The summed E-state index contributed by atoms with van der Waals surface area (Å²) in [6.45, 7) is 2.28. The van der Waals surface area contributed by atoms with Crippen LogP contribution in [-0.2, 0) is 4.79 Å². The molecule has 6 nitrogen and oxygen atoms in total. The zero-order chi connectivity index (χ0) is 15.1. The Hall–Kier alpha value is -2.24. The van der Waals surface area contributed by atoms with E-state index < -0.39 is 5.97 Å². The summed E-state index contributed by atoms with van der Waals surface area (Å²) in [5.41, 5.74) is 2.76. The molecule has 0 aliphatic heterocycles. The number of rotatable bonds is 6. The molecule has 0 saturated carbocycles. The van der Waals surface area contributed by atoms with Gasteiger partial charge >= 0.3 is 12.0 Å². The minimum atomic E-state index is -0.860. The van der Waals surface area contributed by atoms with Crippen molar-refractivity contribution in [1.82, 2.24) is 5.32 Å². The summed E-state index contributed by atoms with van der Waals surface area (Å²) in [5, 5.41) is 13.9. The molecule has 1 rings (SSSR count). The maximum absolute atomic E-state index is 11.7. The van der Waals surface area contributed by atoms with E-state index in [0.717, 1.165) is 16.9 Å². The van der Waals surface area contributed by atoms with Crippen molar-refractivity contribution in [2.75, 3.05) is 30.9 Å². The molecule has 0 heterocycles. The number of amides is 2. The van der Waals surface area contributed by atoms with Gasteiger partial charge in [-0.1, -0.05) is 6.07 Å². The number of aliphatic carboxylic acids is 1. The lowest BCUT2D eigenvalue weighted by molar-refractivity contribution is -0.137. The Morgan fingerprint density at radius 3 is 2.60 bits per heavy atom. The third-order valence-corrected chi connectivity index (χ3v) is 2.89. The molecule has 0 aliphatic rings. The molecule has 6 heteroatoms. The van der Waals surface area contributed by atoms with Crippen LogP contribution in [0.2, 0.25) is 0 Å². The monoisotopic (exact) mass is 279 g/mol. The first-order valence-corrected chi connectivity index (χ1v) is 6.45. The zero-order valence-electron chi connectivity index (χ0n) is 12.1. The average molecular weight is 279 g/mol. The van der Waals surface area contributed by atoms with Crippen LogP contribution in [-0.4, -0.2) is 37.7 Å². The van der Waals surface area contributed by atoms with Crippen LogP contribution in [0.3, 0.4) is 0 Å². The van der Waals surface area contributed by atoms with E-state index in [1.807, 2.05) is 44.1 Å². The Morgan fingerprint density at radius 2 is 2.00 bits per heavy atom. The second kappa shape index (κ2) is 7.37. The van der Waals surface area contributed by atoms with E-state index in [0.29, 0.717) is 13.0 Å². The highest BCUT2D eigenvalue weighted by Gasteiger charge is 2.08. The molecule has 20 heavy (non-hydrogen) atoms. The number of carbonyl (C=O) groups is 2. The van der Waals surface area contributed by atoms with E-state index in [9.17, 15) is 9.59 Å². The van der Waals surface area contributed by atoms with Gasteiger partial charge in [-0.3, -0.25) is 4.79 Å². The Labute approximate surface area is 118 Å². The predicted octanol–water partition coefficient (Wildman–Crippen LogP) is 2.05. The zero-order valence-corrected chi connectivity index (χ0v) is 12.1. The van der Waals surface area contributed by atoms with Gasteiger partial charge in [0.05, 0.1) is 0 Å². The first kappa shape index (κ1) is 15.8. The molecule has 3 N–H and O–H groups in total. The van der Waals surface area contributed by atoms with Crippen LogP contribution in [0, 0.1) is 6.92 Å². The first-order valence-electron chi connectivity index (χ1n) is 6.45. The number of urea groups is 1. The van der Waals surface area contributed by atoms with Gasteiger partial charge in [0.1, 0.15) is 0 Å². The van der Waals surface area contributed by atoms with Crippen molar-refractivity contribution in [3.8, 4) is 0 Å². The Kier molecular flexibility index (Phi) is 5.83. The molecule has 0 aromatic heterocycles. The van der Waals surface area contributed by atoms with Gasteiger partial charge in [0, 0.05) is 38.4 Å². The highest BCUT2D eigenvalue weighted by molar-refractivity contribution is 5.91. The quantitative estimate of drug-likeness (QED) is 0.696. The molecule has 0 saturated heterocycles. The van der Waals surface area contributed by atoms with Gasteiger partial charge in [-0.25, -0.2) is 4.79 Å². The van der Waals surface area contributed by atoms with Crippen molar-refractivity contribution >= 4 is 23.4 Å². The molecule has 0 bridgehead atoms. The third-order valence-electron chi connectivity index (χ3n) is 2.89. The van der Waals surface area contributed by atoms with E-state index >= 15 is 0 Å². The van der Waals surface area contributed by atoms with Gasteiger partial charge in [0.2, 0.25) is 0 Å². The summed E-state index contributed by atoms with van der Waals surface area (Å²) in [4.78, 5) is 24.0. The molecule has 110 valence electrons. The highest BCUT2D eigenvalue weighted by Crippen LogP contribution is 2.24. The standard InChI is InChI=1S/C14H21N3O3/c1-10-11(6-4-7-12(10)17(2)3)16-14(20)15-9-5-8-13(18)19/h4,6-7H,5,8-9H2,1-3H3,(H,18,19)(H2,15,16,20). The lowest BCUT2D eigenvalue weighted by Gasteiger charge is -2.18. The highest BCUT2D eigenvalue weighted by atomic mass is 16.4. The number of hydrogen-bond acceptors (Lipinski definition) is 3. The van der Waals surface area contributed by atoms with Gasteiger partial charge < -0.3 is 20.6 Å². The minimum absolute atomic E-state index is 0.0510. The first-order chi connectivity index (χ1) is 9.41. The topological polar surface area (TPSA) is 81.7 Å². The van der Waals surface area contributed by atoms with Crippen molar-refractivity contribution < 1.29 is 14.7 Å². The number of benzene rings is 1.